The van der Waals surface area contributed by atoms with E-state index in [0.29, 0.717) is 44.3 Å². The van der Waals surface area contributed by atoms with Crippen molar-refractivity contribution in [2.75, 3.05) is 0 Å². The lowest BCUT2D eigenvalue weighted by atomic mass is 10.0. The lowest BCUT2D eigenvalue weighted by Crippen LogP contribution is -1.88. The van der Waals surface area contributed by atoms with E-state index in [0.717, 1.165) is 95.4 Å². The summed E-state index contributed by atoms with van der Waals surface area (Å²) in [6.45, 7) is 17.3. The van der Waals surface area contributed by atoms with Crippen molar-refractivity contribution in [3.8, 4) is 102 Å². The topological polar surface area (TPSA) is 212 Å². The zero-order valence-corrected chi connectivity index (χ0v) is 52.4. The van der Waals surface area contributed by atoms with Crippen LogP contribution in [0, 0.1) is 68.1 Å². The maximum Gasteiger partial charge on any atom is 0.149 e. The number of phenols is 6. The predicted octanol–water partition coefficient (Wildman–Crippen LogP) is 17.8. The van der Waals surface area contributed by atoms with Gasteiger partial charge in [-0.05, 0) is 274 Å². The van der Waals surface area contributed by atoms with E-state index in [1.807, 2.05) is 176 Å². The van der Waals surface area contributed by atoms with Gasteiger partial charge in [-0.2, -0.15) is 0 Å². The van der Waals surface area contributed by atoms with Crippen molar-refractivity contribution >= 4 is 15.9 Å². The number of halogens is 2. The van der Waals surface area contributed by atoms with Gasteiger partial charge in [0.05, 0.1) is 33.4 Å². The van der Waals surface area contributed by atoms with Gasteiger partial charge < -0.3 is 30.6 Å². The van der Waals surface area contributed by atoms with Crippen LogP contribution in [-0.4, -0.2) is 65.5 Å². The first-order valence-electron chi connectivity index (χ1n) is 28.2. The highest BCUT2D eigenvalue weighted by Crippen LogP contribution is 2.31. The van der Waals surface area contributed by atoms with Crippen LogP contribution in [0.25, 0.3) is 67.4 Å². The zero-order chi connectivity index (χ0) is 64.1. The highest BCUT2D eigenvalue weighted by molar-refractivity contribution is 9.10. The highest BCUT2D eigenvalue weighted by Gasteiger charge is 2.09. The van der Waals surface area contributed by atoms with Crippen LogP contribution >= 0.6 is 15.9 Å². The molecule has 0 atom stereocenters. The van der Waals surface area contributed by atoms with E-state index in [-0.39, 0.29) is 17.3 Å². The van der Waals surface area contributed by atoms with Crippen LogP contribution in [0.1, 0.15) is 50.3 Å². The number of phenolic OH excluding ortho intramolecular Hbond substituents is 6. The number of hydrogen-bond acceptors (Lipinski definition) is 13. The van der Waals surface area contributed by atoms with Crippen LogP contribution in [-0.2, 0) is 0 Å². The summed E-state index contributed by atoms with van der Waals surface area (Å²) in [4.78, 5) is 29.4. The second-order valence-corrected chi connectivity index (χ2v) is 21.7. The van der Waals surface area contributed by atoms with Crippen LogP contribution in [0.4, 0.5) is 4.39 Å². The molecular formula is C74H69BrFN7O6. The molecule has 89 heavy (non-hydrogen) atoms. The molecule has 6 N–H and O–H groups in total. The first kappa shape index (κ1) is 65.9. The van der Waals surface area contributed by atoms with Gasteiger partial charge in [0, 0.05) is 81.9 Å². The van der Waals surface area contributed by atoms with E-state index in [2.05, 4.69) is 57.7 Å². The number of benzene rings is 6. The summed E-state index contributed by atoms with van der Waals surface area (Å²) in [5.74, 6) is 1.37. The third-order valence-corrected chi connectivity index (χ3v) is 14.4. The minimum absolute atomic E-state index is 0.204. The van der Waals surface area contributed by atoms with Crippen LogP contribution in [0.5, 0.6) is 34.5 Å². The van der Waals surface area contributed by atoms with E-state index in [9.17, 15) is 35.0 Å². The second-order valence-electron chi connectivity index (χ2n) is 20.8. The van der Waals surface area contributed by atoms with Gasteiger partial charge >= 0.3 is 0 Å². The number of aromatic hydroxyl groups is 6. The van der Waals surface area contributed by atoms with Gasteiger partial charge in [-0.3, -0.25) is 34.9 Å². The summed E-state index contributed by atoms with van der Waals surface area (Å²) >= 11 is 3.28. The fourth-order valence-electron chi connectivity index (χ4n) is 8.60. The first-order chi connectivity index (χ1) is 42.6. The van der Waals surface area contributed by atoms with E-state index in [1.165, 1.54) is 11.6 Å². The van der Waals surface area contributed by atoms with E-state index in [1.54, 1.807) is 92.5 Å². The third kappa shape index (κ3) is 19.2. The molecule has 450 valence electrons. The van der Waals surface area contributed by atoms with Gasteiger partial charge in [0.2, 0.25) is 0 Å². The van der Waals surface area contributed by atoms with Crippen LogP contribution in [0.15, 0.2) is 224 Å². The maximum atomic E-state index is 13.4. The minimum Gasteiger partial charge on any atom is -0.508 e. The summed E-state index contributed by atoms with van der Waals surface area (Å²) in [5, 5.41) is 56.4. The van der Waals surface area contributed by atoms with E-state index < -0.39 is 0 Å². The summed E-state index contributed by atoms with van der Waals surface area (Å²) < 4.78 is 14.1. The smallest absolute Gasteiger partial charge is 0.149 e. The number of aryl methyl sites for hydroxylation is 9. The Morgan fingerprint density at radius 2 is 0.775 bits per heavy atom. The van der Waals surface area contributed by atoms with Gasteiger partial charge in [-0.1, -0.05) is 24.3 Å². The van der Waals surface area contributed by atoms with Crippen molar-refractivity contribution < 1.29 is 35.0 Å². The molecule has 0 spiro atoms. The Labute approximate surface area is 527 Å². The second kappa shape index (κ2) is 31.7. The molecule has 12 rings (SSSR count). The van der Waals surface area contributed by atoms with Gasteiger partial charge in [-0.25, -0.2) is 4.39 Å². The molecule has 0 unspecified atom stereocenters. The van der Waals surface area contributed by atoms with E-state index >= 15 is 0 Å². The Kier molecular flexibility index (Phi) is 23.4. The quantitative estimate of drug-likeness (QED) is 0.0916. The first-order valence-corrected chi connectivity index (χ1v) is 29.0. The molecule has 0 aliphatic carbocycles. The predicted molar refractivity (Wildman–Crippen MR) is 356 cm³/mol. The molecular weight excluding hydrogens is 1180 g/mol. The molecule has 0 aliphatic rings. The lowest BCUT2D eigenvalue weighted by Gasteiger charge is -2.06. The molecule has 0 aliphatic heterocycles. The summed E-state index contributed by atoms with van der Waals surface area (Å²) in [5.41, 5.74) is 19.3. The van der Waals surface area contributed by atoms with Crippen molar-refractivity contribution in [3.63, 3.8) is 0 Å². The van der Waals surface area contributed by atoms with Crippen molar-refractivity contribution in [1.29, 1.82) is 0 Å². The minimum atomic E-state index is -0.359. The lowest BCUT2D eigenvalue weighted by molar-refractivity contribution is 0.470. The molecule has 15 heteroatoms. The van der Waals surface area contributed by atoms with Gasteiger partial charge in [0.25, 0.3) is 0 Å². The number of pyridine rings is 5. The Hall–Kier alpha value is -10.6. The Morgan fingerprint density at radius 3 is 1.22 bits per heavy atom. The monoisotopic (exact) mass is 1250 g/mol. The van der Waals surface area contributed by atoms with Crippen LogP contribution in [0.2, 0.25) is 0 Å². The normalized spacial score (nSPS) is 10.2. The summed E-state index contributed by atoms with van der Waals surface area (Å²) in [6, 6.07) is 53.0. The van der Waals surface area contributed by atoms with Crippen molar-refractivity contribution in [3.05, 3.63) is 280 Å². The summed E-state index contributed by atoms with van der Waals surface area (Å²) in [6.07, 6.45) is 12.0. The molecule has 12 aromatic rings. The molecule has 13 nitrogen and oxygen atoms in total. The largest absolute Gasteiger partial charge is 0.508 e. The molecule has 0 saturated carbocycles. The van der Waals surface area contributed by atoms with Crippen molar-refractivity contribution in [1.82, 2.24) is 34.9 Å². The maximum absolute atomic E-state index is 13.4. The molecule has 0 saturated heterocycles. The zero-order valence-electron chi connectivity index (χ0n) is 50.9. The average Bonchev–Trinajstić information content (AvgIpc) is 3.72. The SMILES string of the molecule is Cc1cc(-c2cnccc2C)ccc1O.Cc1cc(-c2cnccn2)ccc1O.Cc1cc(-c2ncccc2F)ccc1O.Cc1ccc(-c2ccc(O)c(C)c2)nc1.Cc1cccc(-c2ccc(O)c(Br)c2)n1.Cc1cccc(-c2ccc(O)c(C)c2)n1. The molecule has 0 amide bonds. The fraction of sp³-hybridized carbons (Fsp3) is 0.122. The van der Waals surface area contributed by atoms with Crippen LogP contribution in [0.3, 0.4) is 0 Å². The van der Waals surface area contributed by atoms with Crippen LogP contribution < -0.4 is 0 Å². The summed E-state index contributed by atoms with van der Waals surface area (Å²) in [7, 11) is 0. The molecule has 0 fully saturated rings. The molecule has 0 bridgehead atoms. The van der Waals surface area contributed by atoms with E-state index in [4.69, 9.17) is 0 Å². The Balaban J connectivity index is 0.000000152. The molecule has 6 aromatic carbocycles. The number of nitrogens with zero attached hydrogens (tertiary/aromatic N) is 7. The molecule has 6 heterocycles. The number of hydrogen-bond donors (Lipinski definition) is 6. The van der Waals surface area contributed by atoms with Gasteiger partial charge in [0.15, 0.2) is 0 Å². The molecule has 0 radical (unpaired) electrons. The Morgan fingerprint density at radius 1 is 0.326 bits per heavy atom. The standard InChI is InChI=1S/3C13H13NO.C12H10BrNO.C12H10FNO.C11H10N2O/c1-9-3-5-12(14-8-9)11-4-6-13(15)10(2)7-11;1-9-5-6-14-8-12(9)11-3-4-13(15)10(2)7-11;1-9-8-11(6-7-13(9)15)12-5-3-4-10(2)14-12;1-8-3-2-4-11(14-8)9-5-6-12(15)10(13)7-9;1-8-7-9(4-5-11(8)15)12-10(13)3-2-6-14-12;1-8-6-9(2-3-11(8)14)10-7-12-4-5-13-10/h3*3-8,15H,1-2H3;2*2-7,15H,1H3;2-7,14H,1H3. The highest BCUT2D eigenvalue weighted by atomic mass is 79.9. The third-order valence-electron chi connectivity index (χ3n) is 13.7. The number of aromatic nitrogens is 7. The fourth-order valence-corrected chi connectivity index (χ4v) is 8.97. The van der Waals surface area contributed by atoms with Crippen molar-refractivity contribution in [2.45, 2.75) is 62.3 Å². The van der Waals surface area contributed by atoms with Crippen molar-refractivity contribution in [2.24, 2.45) is 0 Å². The van der Waals surface area contributed by atoms with Gasteiger partial charge in [0.1, 0.15) is 46.0 Å². The average molecular weight is 1250 g/mol. The van der Waals surface area contributed by atoms with Gasteiger partial charge in [-0.15, -0.1) is 0 Å². The number of rotatable bonds is 6. The molecule has 6 aromatic heterocycles. The Bertz CT molecular complexity index is 4140.